The van der Waals surface area contributed by atoms with Crippen molar-refractivity contribution >= 4 is 5.78 Å². The first-order valence-corrected chi connectivity index (χ1v) is 5.81. The highest BCUT2D eigenvalue weighted by atomic mass is 16.1. The van der Waals surface area contributed by atoms with E-state index in [0.29, 0.717) is 5.69 Å². The van der Waals surface area contributed by atoms with Crippen LogP contribution in [0.15, 0.2) is 18.3 Å². The maximum atomic E-state index is 12.2. The lowest BCUT2D eigenvalue weighted by Gasteiger charge is -2.09. The highest BCUT2D eigenvalue weighted by Gasteiger charge is 2.25. The van der Waals surface area contributed by atoms with Gasteiger partial charge < -0.3 is 0 Å². The fourth-order valence-corrected chi connectivity index (χ4v) is 2.33. The van der Waals surface area contributed by atoms with Crippen LogP contribution in [0.3, 0.4) is 0 Å². The first kappa shape index (κ1) is 10.3. The molecule has 1 heterocycles. The lowest BCUT2D eigenvalue weighted by molar-refractivity contribution is 0.0916. The largest absolute Gasteiger partial charge is 0.292 e. The Morgan fingerprint density at radius 2 is 2.20 bits per heavy atom. The Hall–Kier alpha value is -1.18. The van der Waals surface area contributed by atoms with E-state index in [-0.39, 0.29) is 11.7 Å². The molecule has 0 saturated heterocycles. The van der Waals surface area contributed by atoms with Crippen LogP contribution in [0.2, 0.25) is 0 Å². The van der Waals surface area contributed by atoms with E-state index in [1.54, 1.807) is 6.20 Å². The topological polar surface area (TPSA) is 30.0 Å². The highest BCUT2D eigenvalue weighted by Crippen LogP contribution is 2.28. The van der Waals surface area contributed by atoms with Gasteiger partial charge >= 0.3 is 0 Å². The lowest BCUT2D eigenvalue weighted by atomic mass is 9.96. The van der Waals surface area contributed by atoms with E-state index in [9.17, 15) is 4.79 Å². The third-order valence-corrected chi connectivity index (χ3v) is 3.23. The third-order valence-electron chi connectivity index (χ3n) is 3.23. The Balaban J connectivity index is 2.24. The average Bonchev–Trinajstić information content (AvgIpc) is 2.81. The van der Waals surface area contributed by atoms with Crippen molar-refractivity contribution < 1.29 is 4.79 Å². The van der Waals surface area contributed by atoms with Crippen molar-refractivity contribution in [3.05, 3.63) is 29.6 Å². The van der Waals surface area contributed by atoms with E-state index in [1.165, 1.54) is 12.8 Å². The maximum Gasteiger partial charge on any atom is 0.184 e. The molecule has 1 fully saturated rings. The van der Waals surface area contributed by atoms with E-state index in [2.05, 4.69) is 11.9 Å². The first-order valence-electron chi connectivity index (χ1n) is 5.81. The van der Waals surface area contributed by atoms with Crippen molar-refractivity contribution in [2.45, 2.75) is 39.0 Å². The van der Waals surface area contributed by atoms with Crippen molar-refractivity contribution in [3.63, 3.8) is 0 Å². The Bertz CT molecular complexity index is 353. The molecule has 0 aromatic carbocycles. The predicted octanol–water partition coefficient (Wildman–Crippen LogP) is 3.02. The zero-order valence-corrected chi connectivity index (χ0v) is 9.20. The summed E-state index contributed by atoms with van der Waals surface area (Å²) in [5.74, 6) is 0.509. The summed E-state index contributed by atoms with van der Waals surface area (Å²) >= 11 is 0. The number of Topliss-reactive ketones (excluding diaryl/α,β-unsaturated/α-hetero) is 1. The summed E-state index contributed by atoms with van der Waals surface area (Å²) in [4.78, 5) is 16.4. The summed E-state index contributed by atoms with van der Waals surface area (Å²) in [6, 6.07) is 3.92. The number of pyridine rings is 1. The van der Waals surface area contributed by atoms with Crippen LogP contribution < -0.4 is 0 Å². The SMILES string of the molecule is CCc1cccnc1C(=O)C1CCCC1. The van der Waals surface area contributed by atoms with Crippen molar-refractivity contribution in [1.29, 1.82) is 0 Å². The van der Waals surface area contributed by atoms with Gasteiger partial charge in [0.25, 0.3) is 0 Å². The highest BCUT2D eigenvalue weighted by molar-refractivity contribution is 5.97. The Kier molecular flexibility index (Phi) is 3.14. The molecule has 0 radical (unpaired) electrons. The molecule has 2 rings (SSSR count). The number of hydrogen-bond donors (Lipinski definition) is 0. The van der Waals surface area contributed by atoms with Gasteiger partial charge in [-0.2, -0.15) is 0 Å². The van der Waals surface area contributed by atoms with Crippen molar-refractivity contribution in [2.75, 3.05) is 0 Å². The number of rotatable bonds is 3. The number of carbonyl (C=O) groups excluding carboxylic acids is 1. The van der Waals surface area contributed by atoms with Gasteiger partial charge in [-0.15, -0.1) is 0 Å². The summed E-state index contributed by atoms with van der Waals surface area (Å²) in [6.45, 7) is 2.07. The van der Waals surface area contributed by atoms with E-state index in [1.807, 2.05) is 12.1 Å². The van der Waals surface area contributed by atoms with Crippen LogP contribution in [0.5, 0.6) is 0 Å². The smallest absolute Gasteiger partial charge is 0.184 e. The molecule has 1 aromatic heterocycles. The molecule has 1 aliphatic rings. The number of hydrogen-bond acceptors (Lipinski definition) is 2. The predicted molar refractivity (Wildman–Crippen MR) is 59.9 cm³/mol. The zero-order chi connectivity index (χ0) is 10.7. The first-order chi connectivity index (χ1) is 7.33. The minimum atomic E-state index is 0.241. The normalized spacial score (nSPS) is 16.9. The molecule has 80 valence electrons. The lowest BCUT2D eigenvalue weighted by Crippen LogP contribution is -2.14. The van der Waals surface area contributed by atoms with Crippen LogP contribution in [0.1, 0.15) is 48.7 Å². The van der Waals surface area contributed by atoms with Crippen LogP contribution in [-0.4, -0.2) is 10.8 Å². The van der Waals surface area contributed by atoms with Gasteiger partial charge in [0, 0.05) is 12.1 Å². The molecule has 15 heavy (non-hydrogen) atoms. The summed E-state index contributed by atoms with van der Waals surface area (Å²) in [7, 11) is 0. The summed E-state index contributed by atoms with van der Waals surface area (Å²) in [5, 5.41) is 0. The fourth-order valence-electron chi connectivity index (χ4n) is 2.33. The second-order valence-electron chi connectivity index (χ2n) is 4.21. The standard InChI is InChI=1S/C13H17NO/c1-2-10-8-5-9-14-12(10)13(15)11-6-3-4-7-11/h5,8-9,11H,2-4,6-7H2,1H3. The number of aromatic nitrogens is 1. The molecule has 0 aliphatic heterocycles. The second-order valence-corrected chi connectivity index (χ2v) is 4.21. The van der Waals surface area contributed by atoms with Crippen molar-refractivity contribution in [2.24, 2.45) is 5.92 Å². The second kappa shape index (κ2) is 4.56. The van der Waals surface area contributed by atoms with Gasteiger partial charge in [0.1, 0.15) is 5.69 Å². The van der Waals surface area contributed by atoms with Gasteiger partial charge in [0.05, 0.1) is 0 Å². The van der Waals surface area contributed by atoms with E-state index in [4.69, 9.17) is 0 Å². The van der Waals surface area contributed by atoms with E-state index in [0.717, 1.165) is 24.8 Å². The van der Waals surface area contributed by atoms with Gasteiger partial charge in [0.2, 0.25) is 0 Å². The maximum absolute atomic E-state index is 12.2. The zero-order valence-electron chi connectivity index (χ0n) is 9.20. The van der Waals surface area contributed by atoms with Crippen LogP contribution in [-0.2, 0) is 6.42 Å². The summed E-state index contributed by atoms with van der Waals surface area (Å²) in [6.07, 6.45) is 7.12. The fraction of sp³-hybridized carbons (Fsp3) is 0.538. The van der Waals surface area contributed by atoms with E-state index < -0.39 is 0 Å². The molecule has 2 nitrogen and oxygen atoms in total. The number of carbonyl (C=O) groups is 1. The van der Waals surface area contributed by atoms with Gasteiger partial charge in [-0.25, -0.2) is 0 Å². The summed E-state index contributed by atoms with van der Waals surface area (Å²) in [5.41, 5.74) is 1.81. The number of nitrogens with zero attached hydrogens (tertiary/aromatic N) is 1. The Labute approximate surface area is 90.7 Å². The summed E-state index contributed by atoms with van der Waals surface area (Å²) < 4.78 is 0. The Morgan fingerprint density at radius 1 is 1.47 bits per heavy atom. The molecule has 1 aromatic rings. The van der Waals surface area contributed by atoms with Crippen LogP contribution in [0.25, 0.3) is 0 Å². The van der Waals surface area contributed by atoms with Gasteiger partial charge in [0.15, 0.2) is 5.78 Å². The monoisotopic (exact) mass is 203 g/mol. The Morgan fingerprint density at radius 3 is 2.87 bits per heavy atom. The molecule has 0 N–H and O–H groups in total. The molecule has 0 bridgehead atoms. The van der Waals surface area contributed by atoms with Crippen LogP contribution in [0.4, 0.5) is 0 Å². The molecular formula is C13H17NO. The average molecular weight is 203 g/mol. The molecule has 1 saturated carbocycles. The molecule has 0 unspecified atom stereocenters. The number of ketones is 1. The van der Waals surface area contributed by atoms with Crippen molar-refractivity contribution in [3.8, 4) is 0 Å². The molecule has 2 heteroatoms. The van der Waals surface area contributed by atoms with Crippen molar-refractivity contribution in [1.82, 2.24) is 4.98 Å². The molecule has 0 atom stereocenters. The minimum Gasteiger partial charge on any atom is -0.292 e. The molecular weight excluding hydrogens is 186 g/mol. The minimum absolute atomic E-state index is 0.241. The molecule has 0 amide bonds. The third kappa shape index (κ3) is 2.09. The van der Waals surface area contributed by atoms with Gasteiger partial charge in [-0.3, -0.25) is 9.78 Å². The quantitative estimate of drug-likeness (QED) is 0.707. The van der Waals surface area contributed by atoms with Crippen LogP contribution in [0, 0.1) is 5.92 Å². The van der Waals surface area contributed by atoms with Gasteiger partial charge in [-0.05, 0) is 30.9 Å². The van der Waals surface area contributed by atoms with Gasteiger partial charge in [-0.1, -0.05) is 25.8 Å². The molecule has 0 spiro atoms. The molecule has 1 aliphatic carbocycles. The number of aryl methyl sites for hydroxylation is 1. The van der Waals surface area contributed by atoms with Crippen LogP contribution >= 0.6 is 0 Å². The van der Waals surface area contributed by atoms with E-state index >= 15 is 0 Å².